The quantitative estimate of drug-likeness (QED) is 0.764. The normalized spacial score (nSPS) is 22.6. The number of amides is 1. The summed E-state index contributed by atoms with van der Waals surface area (Å²) in [5, 5.41) is 1.98. The van der Waals surface area contributed by atoms with E-state index in [2.05, 4.69) is 15.9 Å². The van der Waals surface area contributed by atoms with Crippen LogP contribution in [0.4, 0.5) is 0 Å². The lowest BCUT2D eigenvalue weighted by molar-refractivity contribution is 0.0677. The molecule has 1 amide bonds. The fourth-order valence-electron chi connectivity index (χ4n) is 4.76. The van der Waals surface area contributed by atoms with Crippen molar-refractivity contribution in [1.29, 1.82) is 0 Å². The van der Waals surface area contributed by atoms with E-state index in [1.54, 1.807) is 14.2 Å². The van der Waals surface area contributed by atoms with Crippen molar-refractivity contribution in [2.75, 3.05) is 40.4 Å². The van der Waals surface area contributed by atoms with Crippen molar-refractivity contribution in [2.45, 2.75) is 25.8 Å². The smallest absolute Gasteiger partial charge is 0.263 e. The van der Waals surface area contributed by atoms with Gasteiger partial charge in [-0.05, 0) is 43.3 Å². The monoisotopic (exact) mass is 400 g/mol. The molecular formula is C22H28N2O3S. The number of hydrogen-bond donors (Lipinski definition) is 0. The first-order chi connectivity index (χ1) is 13.6. The third-order valence-corrected chi connectivity index (χ3v) is 6.93. The Kier molecular flexibility index (Phi) is 5.60. The number of ether oxygens (including phenoxy) is 2. The van der Waals surface area contributed by atoms with Gasteiger partial charge < -0.3 is 14.4 Å². The van der Waals surface area contributed by atoms with Crippen LogP contribution in [-0.4, -0.2) is 56.1 Å². The molecule has 6 heteroatoms. The van der Waals surface area contributed by atoms with Crippen LogP contribution in [0.1, 0.15) is 34.5 Å². The molecule has 2 saturated heterocycles. The molecule has 28 heavy (non-hydrogen) atoms. The highest BCUT2D eigenvalue weighted by Crippen LogP contribution is 2.41. The molecule has 0 unspecified atom stereocenters. The largest absolute Gasteiger partial charge is 0.493 e. The number of benzene rings is 1. The van der Waals surface area contributed by atoms with Crippen LogP contribution < -0.4 is 9.47 Å². The van der Waals surface area contributed by atoms with E-state index in [0.717, 1.165) is 61.1 Å². The molecule has 2 aliphatic rings. The maximum absolute atomic E-state index is 12.8. The fourth-order valence-corrected chi connectivity index (χ4v) is 5.45. The highest BCUT2D eigenvalue weighted by atomic mass is 32.1. The Hall–Kier alpha value is -2.05. The summed E-state index contributed by atoms with van der Waals surface area (Å²) < 4.78 is 11.1. The highest BCUT2D eigenvalue weighted by molar-refractivity contribution is 7.12. The van der Waals surface area contributed by atoms with E-state index in [1.165, 1.54) is 24.2 Å². The molecule has 150 valence electrons. The van der Waals surface area contributed by atoms with Gasteiger partial charge in [-0.2, -0.15) is 0 Å². The second kappa shape index (κ2) is 8.13. The highest BCUT2D eigenvalue weighted by Gasteiger charge is 2.43. The minimum atomic E-state index is 0.193. The average Bonchev–Trinajstić information content (AvgIpc) is 3.38. The first kappa shape index (κ1) is 19.3. The molecule has 0 N–H and O–H groups in total. The molecule has 3 heterocycles. The van der Waals surface area contributed by atoms with E-state index in [4.69, 9.17) is 9.47 Å². The van der Waals surface area contributed by atoms with E-state index >= 15 is 0 Å². The molecule has 0 aliphatic carbocycles. The van der Waals surface area contributed by atoms with Gasteiger partial charge in [0, 0.05) is 37.2 Å². The zero-order chi connectivity index (χ0) is 19.6. The van der Waals surface area contributed by atoms with Gasteiger partial charge in [-0.1, -0.05) is 18.2 Å². The first-order valence-electron chi connectivity index (χ1n) is 9.89. The number of thiophene rings is 1. The lowest BCUT2D eigenvalue weighted by Crippen LogP contribution is -2.45. The topological polar surface area (TPSA) is 42.0 Å². The predicted molar refractivity (Wildman–Crippen MR) is 111 cm³/mol. The zero-order valence-corrected chi connectivity index (χ0v) is 17.5. The minimum absolute atomic E-state index is 0.193. The van der Waals surface area contributed by atoms with Crippen LogP contribution in [0.15, 0.2) is 35.7 Å². The van der Waals surface area contributed by atoms with Crippen LogP contribution in [0.2, 0.25) is 0 Å². The number of carbonyl (C=O) groups excluding carboxylic acids is 1. The summed E-state index contributed by atoms with van der Waals surface area (Å²) in [5.41, 5.74) is 1.38. The van der Waals surface area contributed by atoms with Crippen LogP contribution in [0.3, 0.4) is 0 Å². The molecule has 1 spiro atoms. The van der Waals surface area contributed by atoms with Crippen LogP contribution >= 0.6 is 11.3 Å². The van der Waals surface area contributed by atoms with Gasteiger partial charge in [0.25, 0.3) is 5.91 Å². The molecule has 0 radical (unpaired) electrons. The van der Waals surface area contributed by atoms with E-state index in [1.807, 2.05) is 29.6 Å². The fraction of sp³-hybridized carbons (Fsp3) is 0.500. The number of piperidine rings is 1. The first-order valence-corrected chi connectivity index (χ1v) is 10.8. The minimum Gasteiger partial charge on any atom is -0.493 e. The summed E-state index contributed by atoms with van der Waals surface area (Å²) in [6.07, 6.45) is 3.47. The van der Waals surface area contributed by atoms with Crippen LogP contribution in [0, 0.1) is 5.41 Å². The van der Waals surface area contributed by atoms with E-state index < -0.39 is 0 Å². The van der Waals surface area contributed by atoms with E-state index in [-0.39, 0.29) is 11.3 Å². The lowest BCUT2D eigenvalue weighted by Gasteiger charge is -2.40. The van der Waals surface area contributed by atoms with Crippen molar-refractivity contribution in [3.8, 4) is 11.5 Å². The number of likely N-dealkylation sites (tertiary alicyclic amines) is 2. The van der Waals surface area contributed by atoms with Gasteiger partial charge in [0.05, 0.1) is 19.1 Å². The molecule has 0 saturated carbocycles. The molecule has 2 fully saturated rings. The Morgan fingerprint density at radius 2 is 2.00 bits per heavy atom. The number of hydrogen-bond acceptors (Lipinski definition) is 5. The van der Waals surface area contributed by atoms with Gasteiger partial charge in [-0.15, -0.1) is 11.3 Å². The van der Waals surface area contributed by atoms with Crippen LogP contribution in [0.25, 0.3) is 0 Å². The Morgan fingerprint density at radius 1 is 1.11 bits per heavy atom. The second-order valence-corrected chi connectivity index (χ2v) is 8.87. The number of nitrogens with zero attached hydrogens (tertiary/aromatic N) is 2. The van der Waals surface area contributed by atoms with Crippen molar-refractivity contribution in [1.82, 2.24) is 9.80 Å². The van der Waals surface area contributed by atoms with Crippen LogP contribution in [-0.2, 0) is 6.54 Å². The summed E-state index contributed by atoms with van der Waals surface area (Å²) in [6.45, 7) is 4.70. The van der Waals surface area contributed by atoms with Gasteiger partial charge in [-0.25, -0.2) is 0 Å². The SMILES string of the molecule is COc1cccc(CN2CCC[C@@]3(CCN(C(=O)c4cccs4)C3)C2)c1OC. The van der Waals surface area contributed by atoms with Gasteiger partial charge in [0.15, 0.2) is 11.5 Å². The summed E-state index contributed by atoms with van der Waals surface area (Å²) in [4.78, 5) is 18.2. The van der Waals surface area contributed by atoms with Crippen molar-refractivity contribution < 1.29 is 14.3 Å². The summed E-state index contributed by atoms with van der Waals surface area (Å²) >= 11 is 1.54. The van der Waals surface area contributed by atoms with Crippen molar-refractivity contribution >= 4 is 17.2 Å². The summed E-state index contributed by atoms with van der Waals surface area (Å²) in [5.74, 6) is 1.80. The van der Waals surface area contributed by atoms with Crippen molar-refractivity contribution in [3.63, 3.8) is 0 Å². The molecule has 1 aromatic carbocycles. The van der Waals surface area contributed by atoms with Gasteiger partial charge in [-0.3, -0.25) is 9.69 Å². The molecule has 0 bridgehead atoms. The standard InChI is InChI=1S/C22H28N2O3S/c1-26-18-7-3-6-17(20(18)27-2)14-23-11-5-9-22(15-23)10-12-24(16-22)21(25)19-8-4-13-28-19/h3-4,6-8,13H,5,9-12,14-16H2,1-2H3/t22-/m1/s1. The van der Waals surface area contributed by atoms with Crippen molar-refractivity contribution in [2.24, 2.45) is 5.41 Å². The molecule has 4 rings (SSSR count). The Morgan fingerprint density at radius 3 is 2.75 bits per heavy atom. The Labute approximate surface area is 170 Å². The predicted octanol–water partition coefficient (Wildman–Crippen LogP) is 3.89. The van der Waals surface area contributed by atoms with Gasteiger partial charge >= 0.3 is 0 Å². The van der Waals surface area contributed by atoms with Gasteiger partial charge in [0.2, 0.25) is 0 Å². The zero-order valence-electron chi connectivity index (χ0n) is 16.6. The van der Waals surface area contributed by atoms with Gasteiger partial charge in [0.1, 0.15) is 0 Å². The summed E-state index contributed by atoms with van der Waals surface area (Å²) in [6, 6.07) is 9.95. The Bertz CT molecular complexity index is 823. The number of methoxy groups -OCH3 is 2. The average molecular weight is 401 g/mol. The lowest BCUT2D eigenvalue weighted by atomic mass is 9.79. The number of carbonyl (C=O) groups is 1. The molecule has 1 aromatic heterocycles. The maximum Gasteiger partial charge on any atom is 0.263 e. The molecule has 2 aliphatic heterocycles. The second-order valence-electron chi connectivity index (χ2n) is 7.92. The Balaban J connectivity index is 1.45. The van der Waals surface area contributed by atoms with Crippen molar-refractivity contribution in [3.05, 3.63) is 46.2 Å². The molecule has 2 aromatic rings. The molecule has 5 nitrogen and oxygen atoms in total. The number of rotatable bonds is 5. The maximum atomic E-state index is 12.8. The van der Waals surface area contributed by atoms with Crippen LogP contribution in [0.5, 0.6) is 11.5 Å². The third kappa shape index (κ3) is 3.76. The number of para-hydroxylation sites is 1. The van der Waals surface area contributed by atoms with E-state index in [9.17, 15) is 4.79 Å². The van der Waals surface area contributed by atoms with E-state index in [0.29, 0.717) is 0 Å². The molecule has 1 atom stereocenters. The summed E-state index contributed by atoms with van der Waals surface area (Å²) in [7, 11) is 3.37. The third-order valence-electron chi connectivity index (χ3n) is 6.08. The molecular weight excluding hydrogens is 372 g/mol.